The molecule has 6 nitrogen and oxygen atoms in total. The van der Waals surface area contributed by atoms with E-state index >= 15 is 0 Å². The fraction of sp³-hybridized carbons (Fsp3) is 0.364. The van der Waals surface area contributed by atoms with Crippen molar-refractivity contribution in [3.05, 3.63) is 53.9 Å². The number of unbranched alkanes of at least 4 members (excludes halogenated alkanes) is 2. The largest absolute Gasteiger partial charge is 0.493 e. The normalized spacial score (nSPS) is 10.8. The van der Waals surface area contributed by atoms with Crippen LogP contribution < -0.4 is 14.8 Å². The van der Waals surface area contributed by atoms with Gasteiger partial charge in [-0.3, -0.25) is 4.79 Å². The lowest BCUT2D eigenvalue weighted by Gasteiger charge is -2.11. The highest BCUT2D eigenvalue weighted by Gasteiger charge is 2.14. The van der Waals surface area contributed by atoms with Gasteiger partial charge in [0.2, 0.25) is 0 Å². The number of rotatable bonds is 9. The molecule has 1 amide bonds. The molecule has 1 aromatic heterocycles. The number of nitrogens with one attached hydrogen (secondary N) is 1. The van der Waals surface area contributed by atoms with Crippen molar-refractivity contribution in [2.24, 2.45) is 0 Å². The summed E-state index contributed by atoms with van der Waals surface area (Å²) in [5.41, 5.74) is 2.58. The van der Waals surface area contributed by atoms with Crippen molar-refractivity contribution in [1.29, 1.82) is 0 Å². The number of carbonyl (C=O) groups excluding carboxylic acids is 1. The lowest BCUT2D eigenvalue weighted by molar-refractivity contribution is 0.0949. The van der Waals surface area contributed by atoms with Crippen molar-refractivity contribution in [3.8, 4) is 11.5 Å². The van der Waals surface area contributed by atoms with Gasteiger partial charge < -0.3 is 19.4 Å². The SMILES string of the molecule is CCCCCn1c(CNC(=O)c2ccc(OC)c(OC)c2)nc2ccccc21. The predicted octanol–water partition coefficient (Wildman–Crippen LogP) is 4.17. The van der Waals surface area contributed by atoms with E-state index in [1.807, 2.05) is 18.2 Å². The number of fused-ring (bicyclic) bond motifs is 1. The number of carbonyl (C=O) groups is 1. The van der Waals surface area contributed by atoms with E-state index in [-0.39, 0.29) is 5.91 Å². The molecule has 0 aliphatic heterocycles. The first kappa shape index (κ1) is 19.7. The molecule has 0 aliphatic rings. The third-order valence-electron chi connectivity index (χ3n) is 4.77. The summed E-state index contributed by atoms with van der Waals surface area (Å²) < 4.78 is 12.7. The molecule has 2 aromatic carbocycles. The number of methoxy groups -OCH3 is 2. The van der Waals surface area contributed by atoms with Crippen LogP contribution in [-0.2, 0) is 13.1 Å². The summed E-state index contributed by atoms with van der Waals surface area (Å²) in [7, 11) is 3.12. The van der Waals surface area contributed by atoms with Crippen LogP contribution in [0.15, 0.2) is 42.5 Å². The van der Waals surface area contributed by atoms with Crippen LogP contribution in [0.5, 0.6) is 11.5 Å². The van der Waals surface area contributed by atoms with Crippen molar-refractivity contribution >= 4 is 16.9 Å². The summed E-state index contributed by atoms with van der Waals surface area (Å²) in [5.74, 6) is 1.82. The molecule has 0 bridgehead atoms. The van der Waals surface area contributed by atoms with Gasteiger partial charge in [-0.25, -0.2) is 4.98 Å². The molecule has 0 fully saturated rings. The van der Waals surface area contributed by atoms with Crippen molar-refractivity contribution in [1.82, 2.24) is 14.9 Å². The Morgan fingerprint density at radius 2 is 1.86 bits per heavy atom. The lowest BCUT2D eigenvalue weighted by Crippen LogP contribution is -2.25. The van der Waals surface area contributed by atoms with E-state index in [0.29, 0.717) is 23.6 Å². The third kappa shape index (κ3) is 4.27. The molecule has 148 valence electrons. The molecular formula is C22H27N3O3. The van der Waals surface area contributed by atoms with E-state index in [9.17, 15) is 4.79 Å². The molecule has 1 heterocycles. The Balaban J connectivity index is 1.77. The van der Waals surface area contributed by atoms with Gasteiger partial charge in [0.05, 0.1) is 31.8 Å². The predicted molar refractivity (Wildman–Crippen MR) is 110 cm³/mol. The number of aromatic nitrogens is 2. The highest BCUT2D eigenvalue weighted by molar-refractivity contribution is 5.94. The molecule has 0 radical (unpaired) electrons. The average Bonchev–Trinajstić information content (AvgIpc) is 3.09. The molecule has 3 rings (SSSR count). The number of amides is 1. The first-order valence-corrected chi connectivity index (χ1v) is 9.62. The molecule has 0 atom stereocenters. The summed E-state index contributed by atoms with van der Waals surface area (Å²) in [6.45, 7) is 3.46. The lowest BCUT2D eigenvalue weighted by atomic mass is 10.2. The Bertz CT molecular complexity index is 949. The minimum atomic E-state index is -0.173. The maximum atomic E-state index is 12.6. The minimum absolute atomic E-state index is 0.173. The number of hydrogen-bond donors (Lipinski definition) is 1. The molecule has 0 saturated carbocycles. The zero-order chi connectivity index (χ0) is 19.9. The van der Waals surface area contributed by atoms with Gasteiger partial charge in [0.1, 0.15) is 5.82 Å². The van der Waals surface area contributed by atoms with Crippen molar-refractivity contribution < 1.29 is 14.3 Å². The quantitative estimate of drug-likeness (QED) is 0.565. The Morgan fingerprint density at radius 1 is 1.07 bits per heavy atom. The number of aryl methyl sites for hydroxylation is 1. The number of para-hydroxylation sites is 2. The van der Waals surface area contributed by atoms with Crippen LogP contribution in [0.4, 0.5) is 0 Å². The molecule has 6 heteroatoms. The number of benzene rings is 2. The van der Waals surface area contributed by atoms with Gasteiger partial charge in [0, 0.05) is 12.1 Å². The number of ether oxygens (including phenoxy) is 2. The standard InChI is InChI=1S/C22H27N3O3/c1-4-5-8-13-25-18-10-7-6-9-17(18)24-21(25)15-23-22(26)16-11-12-19(27-2)20(14-16)28-3/h6-7,9-12,14H,4-5,8,13,15H2,1-3H3,(H,23,26). The first-order valence-electron chi connectivity index (χ1n) is 9.62. The highest BCUT2D eigenvalue weighted by Crippen LogP contribution is 2.27. The fourth-order valence-electron chi connectivity index (χ4n) is 3.27. The maximum Gasteiger partial charge on any atom is 0.251 e. The first-order chi connectivity index (χ1) is 13.7. The van der Waals surface area contributed by atoms with Crippen molar-refractivity contribution in [3.63, 3.8) is 0 Å². The van der Waals surface area contributed by atoms with Crippen LogP contribution in [0, 0.1) is 0 Å². The van der Waals surface area contributed by atoms with Crippen LogP contribution >= 0.6 is 0 Å². The van der Waals surface area contributed by atoms with Gasteiger partial charge in [-0.1, -0.05) is 31.9 Å². The van der Waals surface area contributed by atoms with E-state index in [2.05, 4.69) is 22.9 Å². The molecular weight excluding hydrogens is 354 g/mol. The van der Waals surface area contributed by atoms with Gasteiger partial charge >= 0.3 is 0 Å². The van der Waals surface area contributed by atoms with Gasteiger partial charge in [0.25, 0.3) is 5.91 Å². The van der Waals surface area contributed by atoms with Crippen LogP contribution in [0.25, 0.3) is 11.0 Å². The summed E-state index contributed by atoms with van der Waals surface area (Å²) in [5, 5.41) is 2.98. The van der Waals surface area contributed by atoms with Crippen LogP contribution in [0.3, 0.4) is 0 Å². The van der Waals surface area contributed by atoms with E-state index in [1.165, 1.54) is 6.42 Å². The topological polar surface area (TPSA) is 65.4 Å². The summed E-state index contributed by atoms with van der Waals surface area (Å²) >= 11 is 0. The van der Waals surface area contributed by atoms with Crippen molar-refractivity contribution in [2.45, 2.75) is 39.3 Å². The minimum Gasteiger partial charge on any atom is -0.493 e. The fourth-order valence-corrected chi connectivity index (χ4v) is 3.27. The van der Waals surface area contributed by atoms with E-state index in [1.54, 1.807) is 32.4 Å². The summed E-state index contributed by atoms with van der Waals surface area (Å²) in [6, 6.07) is 13.2. The Morgan fingerprint density at radius 3 is 2.61 bits per heavy atom. The third-order valence-corrected chi connectivity index (χ3v) is 4.77. The van der Waals surface area contributed by atoms with Crippen LogP contribution in [0.2, 0.25) is 0 Å². The molecule has 0 aliphatic carbocycles. The van der Waals surface area contributed by atoms with Gasteiger partial charge in [-0.15, -0.1) is 0 Å². The van der Waals surface area contributed by atoms with E-state index in [4.69, 9.17) is 14.5 Å². The molecule has 3 aromatic rings. The van der Waals surface area contributed by atoms with Crippen LogP contribution in [0.1, 0.15) is 42.4 Å². The number of nitrogens with zero attached hydrogens (tertiary/aromatic N) is 2. The van der Waals surface area contributed by atoms with Gasteiger partial charge in [0.15, 0.2) is 11.5 Å². The smallest absolute Gasteiger partial charge is 0.251 e. The van der Waals surface area contributed by atoms with Gasteiger partial charge in [-0.05, 0) is 36.8 Å². The summed E-state index contributed by atoms with van der Waals surface area (Å²) in [6.07, 6.45) is 3.43. The second-order valence-electron chi connectivity index (χ2n) is 6.63. The second-order valence-corrected chi connectivity index (χ2v) is 6.63. The van der Waals surface area contributed by atoms with E-state index in [0.717, 1.165) is 36.2 Å². The molecule has 1 N–H and O–H groups in total. The Labute approximate surface area is 165 Å². The Hall–Kier alpha value is -3.02. The zero-order valence-corrected chi connectivity index (χ0v) is 16.7. The van der Waals surface area contributed by atoms with Gasteiger partial charge in [-0.2, -0.15) is 0 Å². The van der Waals surface area contributed by atoms with Crippen LogP contribution in [-0.4, -0.2) is 29.7 Å². The molecule has 0 saturated heterocycles. The summed E-state index contributed by atoms with van der Waals surface area (Å²) in [4.78, 5) is 17.3. The average molecular weight is 381 g/mol. The maximum absolute atomic E-state index is 12.6. The Kier molecular flexibility index (Phi) is 6.53. The number of hydrogen-bond acceptors (Lipinski definition) is 4. The molecule has 0 unspecified atom stereocenters. The second kappa shape index (κ2) is 9.26. The number of imidazole rings is 1. The molecule has 28 heavy (non-hydrogen) atoms. The van der Waals surface area contributed by atoms with Crippen molar-refractivity contribution in [2.75, 3.05) is 14.2 Å². The van der Waals surface area contributed by atoms with E-state index < -0.39 is 0 Å². The highest BCUT2D eigenvalue weighted by atomic mass is 16.5. The zero-order valence-electron chi connectivity index (χ0n) is 16.7. The monoisotopic (exact) mass is 381 g/mol. The molecule has 0 spiro atoms.